The van der Waals surface area contributed by atoms with E-state index in [0.29, 0.717) is 11.2 Å². The number of hydrogen-bond donors (Lipinski definition) is 2. The van der Waals surface area contributed by atoms with E-state index >= 15 is 0 Å². The number of aliphatic hydroxyl groups is 1. The molecule has 0 bridgehead atoms. The summed E-state index contributed by atoms with van der Waals surface area (Å²) in [6.07, 6.45) is 0. The summed E-state index contributed by atoms with van der Waals surface area (Å²) in [5, 5.41) is 13.2. The molecule has 0 aliphatic rings. The lowest BCUT2D eigenvalue weighted by Gasteiger charge is -2.21. The molecule has 3 heteroatoms. The molecule has 0 heterocycles. The molecule has 1 aromatic rings. The highest BCUT2D eigenvalue weighted by Gasteiger charge is 2.11. The average Bonchev–Trinajstić information content (AvgIpc) is 2.26. The zero-order chi connectivity index (χ0) is 12.8. The minimum Gasteiger partial charge on any atom is -0.394 e. The number of hydrogen-bond acceptors (Lipinski definition) is 3. The van der Waals surface area contributed by atoms with Gasteiger partial charge in [-0.1, -0.05) is 27.7 Å². The smallest absolute Gasteiger partial charge is 0.0635 e. The Morgan fingerprint density at radius 3 is 2.12 bits per heavy atom. The zero-order valence-corrected chi connectivity index (χ0v) is 11.9. The van der Waals surface area contributed by atoms with Crippen molar-refractivity contribution >= 4 is 17.4 Å². The molecule has 0 aliphatic carbocycles. The summed E-state index contributed by atoms with van der Waals surface area (Å²) in [7, 11) is 0. The van der Waals surface area contributed by atoms with Crippen LogP contribution in [0.25, 0.3) is 0 Å². The van der Waals surface area contributed by atoms with E-state index in [1.54, 1.807) is 0 Å². The number of thioether (sulfide) groups is 1. The van der Waals surface area contributed by atoms with Gasteiger partial charge in [0, 0.05) is 15.8 Å². The van der Waals surface area contributed by atoms with Crippen molar-refractivity contribution in [3.05, 3.63) is 24.3 Å². The second kappa shape index (κ2) is 6.92. The van der Waals surface area contributed by atoms with Crippen LogP contribution < -0.4 is 5.32 Å². The maximum absolute atomic E-state index is 9.26. The topological polar surface area (TPSA) is 32.3 Å². The van der Waals surface area contributed by atoms with E-state index in [-0.39, 0.29) is 12.6 Å². The molecule has 1 unspecified atom stereocenters. The molecule has 0 saturated carbocycles. The van der Waals surface area contributed by atoms with Crippen LogP contribution in [0, 0.1) is 5.92 Å². The SMILES string of the molecule is CC(C)Sc1ccc(NC(CO)C(C)C)cc1. The van der Waals surface area contributed by atoms with Crippen LogP contribution in [0.3, 0.4) is 0 Å². The fourth-order valence-corrected chi connectivity index (χ4v) is 2.38. The van der Waals surface area contributed by atoms with Crippen molar-refractivity contribution in [1.82, 2.24) is 0 Å². The monoisotopic (exact) mass is 253 g/mol. The van der Waals surface area contributed by atoms with Crippen molar-refractivity contribution in [1.29, 1.82) is 0 Å². The number of anilines is 1. The number of rotatable bonds is 6. The Balaban J connectivity index is 2.61. The predicted molar refractivity (Wildman–Crippen MR) is 76.8 cm³/mol. The van der Waals surface area contributed by atoms with Crippen LogP contribution in [0.2, 0.25) is 0 Å². The van der Waals surface area contributed by atoms with Crippen molar-refractivity contribution in [2.24, 2.45) is 5.92 Å². The molecular weight excluding hydrogens is 230 g/mol. The Bertz CT molecular complexity index is 321. The second-order valence-corrected chi connectivity index (χ2v) is 6.52. The lowest BCUT2D eigenvalue weighted by molar-refractivity contribution is 0.249. The lowest BCUT2D eigenvalue weighted by atomic mass is 10.1. The van der Waals surface area contributed by atoms with Gasteiger partial charge in [-0.3, -0.25) is 0 Å². The van der Waals surface area contributed by atoms with E-state index < -0.39 is 0 Å². The van der Waals surface area contributed by atoms with Crippen LogP contribution in [-0.2, 0) is 0 Å². The molecule has 1 rings (SSSR count). The third-order valence-corrected chi connectivity index (χ3v) is 3.60. The Kier molecular flexibility index (Phi) is 5.86. The van der Waals surface area contributed by atoms with E-state index in [9.17, 15) is 5.11 Å². The molecule has 96 valence electrons. The van der Waals surface area contributed by atoms with E-state index in [4.69, 9.17) is 0 Å². The summed E-state index contributed by atoms with van der Waals surface area (Å²) in [4.78, 5) is 1.29. The van der Waals surface area contributed by atoms with E-state index in [2.05, 4.69) is 57.3 Å². The largest absolute Gasteiger partial charge is 0.394 e. The van der Waals surface area contributed by atoms with Gasteiger partial charge in [-0.25, -0.2) is 0 Å². The molecule has 2 N–H and O–H groups in total. The van der Waals surface area contributed by atoms with Crippen LogP contribution in [0.1, 0.15) is 27.7 Å². The van der Waals surface area contributed by atoms with Gasteiger partial charge in [0.15, 0.2) is 0 Å². The van der Waals surface area contributed by atoms with E-state index in [1.165, 1.54) is 4.90 Å². The zero-order valence-electron chi connectivity index (χ0n) is 11.1. The van der Waals surface area contributed by atoms with Crippen LogP contribution in [0.15, 0.2) is 29.2 Å². The molecule has 0 fully saturated rings. The maximum Gasteiger partial charge on any atom is 0.0635 e. The molecular formula is C14H23NOS. The molecule has 0 spiro atoms. The van der Waals surface area contributed by atoms with Crippen molar-refractivity contribution < 1.29 is 5.11 Å². The molecule has 17 heavy (non-hydrogen) atoms. The molecule has 0 aliphatic heterocycles. The fraction of sp³-hybridized carbons (Fsp3) is 0.571. The van der Waals surface area contributed by atoms with Crippen molar-refractivity contribution in [3.63, 3.8) is 0 Å². The molecule has 0 aromatic heterocycles. The first kappa shape index (κ1) is 14.4. The molecule has 1 aromatic carbocycles. The van der Waals surface area contributed by atoms with Crippen LogP contribution in [0.4, 0.5) is 5.69 Å². The van der Waals surface area contributed by atoms with Crippen LogP contribution in [0.5, 0.6) is 0 Å². The van der Waals surface area contributed by atoms with Gasteiger partial charge < -0.3 is 10.4 Å². The van der Waals surface area contributed by atoms with Gasteiger partial charge >= 0.3 is 0 Å². The average molecular weight is 253 g/mol. The highest BCUT2D eigenvalue weighted by atomic mass is 32.2. The minimum absolute atomic E-state index is 0.124. The Hall–Kier alpha value is -0.670. The third kappa shape index (κ3) is 5.00. The van der Waals surface area contributed by atoms with Gasteiger partial charge in [0.1, 0.15) is 0 Å². The quantitative estimate of drug-likeness (QED) is 0.760. The van der Waals surface area contributed by atoms with E-state index in [0.717, 1.165) is 5.69 Å². The van der Waals surface area contributed by atoms with Gasteiger partial charge in [0.2, 0.25) is 0 Å². The molecule has 1 atom stereocenters. The maximum atomic E-state index is 9.26. The Morgan fingerprint density at radius 2 is 1.71 bits per heavy atom. The standard InChI is InChI=1S/C14H23NOS/c1-10(2)14(9-16)15-12-5-7-13(8-6-12)17-11(3)4/h5-8,10-11,14-16H,9H2,1-4H3. The van der Waals surface area contributed by atoms with Crippen LogP contribution in [-0.4, -0.2) is 23.0 Å². The van der Waals surface area contributed by atoms with Crippen molar-refractivity contribution in [2.45, 2.75) is 43.9 Å². The third-order valence-electron chi connectivity index (χ3n) is 2.58. The van der Waals surface area contributed by atoms with E-state index in [1.807, 2.05) is 11.8 Å². The number of benzene rings is 1. The normalized spacial score (nSPS) is 13.1. The summed E-state index contributed by atoms with van der Waals surface area (Å²) < 4.78 is 0. The Labute approximate surface area is 109 Å². The summed E-state index contributed by atoms with van der Waals surface area (Å²) >= 11 is 1.86. The molecule has 0 saturated heterocycles. The van der Waals surface area contributed by atoms with Crippen LogP contribution >= 0.6 is 11.8 Å². The predicted octanol–water partition coefficient (Wildman–Crippen LogP) is 3.62. The lowest BCUT2D eigenvalue weighted by Crippen LogP contribution is -2.29. The first-order chi connectivity index (χ1) is 8.02. The molecule has 2 nitrogen and oxygen atoms in total. The van der Waals surface area contributed by atoms with Crippen molar-refractivity contribution in [2.75, 3.05) is 11.9 Å². The summed E-state index contributed by atoms with van der Waals surface area (Å²) in [6.45, 7) is 8.77. The number of nitrogens with one attached hydrogen (secondary N) is 1. The minimum atomic E-state index is 0.124. The highest BCUT2D eigenvalue weighted by molar-refractivity contribution is 7.99. The van der Waals surface area contributed by atoms with Gasteiger partial charge in [-0.2, -0.15) is 0 Å². The van der Waals surface area contributed by atoms with Gasteiger partial charge in [0.25, 0.3) is 0 Å². The molecule has 0 amide bonds. The van der Waals surface area contributed by atoms with Gasteiger partial charge in [0.05, 0.1) is 12.6 Å². The summed E-state index contributed by atoms with van der Waals surface area (Å²) in [6, 6.07) is 8.54. The fourth-order valence-electron chi connectivity index (χ4n) is 1.54. The van der Waals surface area contributed by atoms with Crippen molar-refractivity contribution in [3.8, 4) is 0 Å². The first-order valence-electron chi connectivity index (χ1n) is 6.17. The van der Waals surface area contributed by atoms with Gasteiger partial charge in [-0.15, -0.1) is 11.8 Å². The first-order valence-corrected chi connectivity index (χ1v) is 7.05. The molecule has 0 radical (unpaired) electrons. The highest BCUT2D eigenvalue weighted by Crippen LogP contribution is 2.24. The summed E-state index contributed by atoms with van der Waals surface area (Å²) in [5.74, 6) is 0.421. The second-order valence-electron chi connectivity index (χ2n) is 4.87. The summed E-state index contributed by atoms with van der Waals surface area (Å²) in [5.41, 5.74) is 1.07. The van der Waals surface area contributed by atoms with Gasteiger partial charge in [-0.05, 0) is 30.2 Å². The Morgan fingerprint density at radius 1 is 1.12 bits per heavy atom. The number of aliphatic hydroxyl groups excluding tert-OH is 1.